The Hall–Kier alpha value is -2.07. The van der Waals surface area contributed by atoms with Crippen LogP contribution >= 0.6 is 0 Å². The van der Waals surface area contributed by atoms with Gasteiger partial charge in [0.25, 0.3) is 0 Å². The molecule has 0 spiro atoms. The zero-order valence-electron chi connectivity index (χ0n) is 8.78. The molecule has 78 valence electrons. The Labute approximate surface area is 94.7 Å². The minimum Gasteiger partial charge on any atom is -0.207 e. The van der Waals surface area contributed by atoms with Crippen molar-refractivity contribution in [1.29, 1.82) is 0 Å². The molecule has 0 radical (unpaired) electrons. The van der Waals surface area contributed by atoms with Gasteiger partial charge >= 0.3 is 0 Å². The summed E-state index contributed by atoms with van der Waals surface area (Å²) in [7, 11) is 0. The topological polar surface area (TPSA) is 0 Å². The SMILES string of the molecule is C#Cc1ccccc1Cc1cccc(F)c1. The molecule has 0 saturated carbocycles. The van der Waals surface area contributed by atoms with Crippen LogP contribution in [0, 0.1) is 18.2 Å². The number of benzene rings is 2. The van der Waals surface area contributed by atoms with Crippen LogP contribution in [0.25, 0.3) is 0 Å². The first kappa shape index (κ1) is 10.4. The van der Waals surface area contributed by atoms with Gasteiger partial charge in [0, 0.05) is 5.56 Å². The lowest BCUT2D eigenvalue weighted by Crippen LogP contribution is -1.92. The monoisotopic (exact) mass is 210 g/mol. The van der Waals surface area contributed by atoms with Crippen LogP contribution in [0.1, 0.15) is 16.7 Å². The number of halogens is 1. The van der Waals surface area contributed by atoms with Crippen molar-refractivity contribution in [1.82, 2.24) is 0 Å². The summed E-state index contributed by atoms with van der Waals surface area (Å²) in [4.78, 5) is 0. The second kappa shape index (κ2) is 4.63. The molecule has 2 aromatic carbocycles. The standard InChI is InChI=1S/C15H11F/c1-2-13-7-3-4-8-14(13)10-12-6-5-9-15(16)11-12/h1,3-9,11H,10H2. The number of terminal acetylenes is 1. The van der Waals surface area contributed by atoms with Crippen molar-refractivity contribution in [3.63, 3.8) is 0 Å². The van der Waals surface area contributed by atoms with E-state index < -0.39 is 0 Å². The normalized spacial score (nSPS) is 9.75. The van der Waals surface area contributed by atoms with Crippen molar-refractivity contribution < 1.29 is 4.39 Å². The fourth-order valence-corrected chi connectivity index (χ4v) is 1.68. The van der Waals surface area contributed by atoms with E-state index in [9.17, 15) is 4.39 Å². The minimum absolute atomic E-state index is 0.212. The first-order chi connectivity index (χ1) is 7.79. The molecule has 0 saturated heterocycles. The van der Waals surface area contributed by atoms with Gasteiger partial charge in [-0.25, -0.2) is 4.39 Å². The third-order valence-corrected chi connectivity index (χ3v) is 2.46. The molecule has 0 bridgehead atoms. The highest BCUT2D eigenvalue weighted by Gasteiger charge is 2.01. The summed E-state index contributed by atoms with van der Waals surface area (Å²) in [5.74, 6) is 2.42. The van der Waals surface area contributed by atoms with Crippen LogP contribution in [0.4, 0.5) is 4.39 Å². The van der Waals surface area contributed by atoms with Gasteiger partial charge in [0.15, 0.2) is 0 Å². The number of rotatable bonds is 2. The smallest absolute Gasteiger partial charge is 0.123 e. The summed E-state index contributed by atoms with van der Waals surface area (Å²) in [6.07, 6.45) is 6.07. The maximum absolute atomic E-state index is 13.0. The summed E-state index contributed by atoms with van der Waals surface area (Å²) in [6.45, 7) is 0. The van der Waals surface area contributed by atoms with Gasteiger partial charge in [0.05, 0.1) is 0 Å². The summed E-state index contributed by atoms with van der Waals surface area (Å²) in [6, 6.07) is 14.3. The first-order valence-corrected chi connectivity index (χ1v) is 5.08. The third-order valence-electron chi connectivity index (χ3n) is 2.46. The van der Waals surface area contributed by atoms with Crippen LogP contribution in [-0.4, -0.2) is 0 Å². The molecule has 0 amide bonds. The molecule has 0 aliphatic carbocycles. The Kier molecular flexibility index (Phi) is 3.03. The Morgan fingerprint density at radius 2 is 1.88 bits per heavy atom. The lowest BCUT2D eigenvalue weighted by atomic mass is 10.0. The van der Waals surface area contributed by atoms with Gasteiger partial charge in [-0.05, 0) is 35.7 Å². The lowest BCUT2D eigenvalue weighted by Gasteiger charge is -2.04. The zero-order valence-corrected chi connectivity index (χ0v) is 8.78. The van der Waals surface area contributed by atoms with Gasteiger partial charge in [0.1, 0.15) is 5.82 Å². The van der Waals surface area contributed by atoms with Crippen molar-refractivity contribution in [3.05, 3.63) is 71.0 Å². The van der Waals surface area contributed by atoms with E-state index in [0.29, 0.717) is 6.42 Å². The largest absolute Gasteiger partial charge is 0.207 e. The molecule has 0 heterocycles. The second-order valence-electron chi connectivity index (χ2n) is 3.61. The van der Waals surface area contributed by atoms with Crippen molar-refractivity contribution >= 4 is 0 Å². The summed E-state index contributed by atoms with van der Waals surface area (Å²) in [5.41, 5.74) is 2.85. The van der Waals surface area contributed by atoms with Crippen molar-refractivity contribution in [3.8, 4) is 12.3 Å². The van der Waals surface area contributed by atoms with Crippen LogP contribution in [0.15, 0.2) is 48.5 Å². The van der Waals surface area contributed by atoms with Crippen LogP contribution in [0.2, 0.25) is 0 Å². The van der Waals surface area contributed by atoms with Crippen LogP contribution < -0.4 is 0 Å². The zero-order chi connectivity index (χ0) is 11.4. The number of hydrogen-bond donors (Lipinski definition) is 0. The average molecular weight is 210 g/mol. The van der Waals surface area contributed by atoms with E-state index >= 15 is 0 Å². The molecule has 0 N–H and O–H groups in total. The molecule has 0 atom stereocenters. The third kappa shape index (κ3) is 2.29. The molecule has 2 aromatic rings. The van der Waals surface area contributed by atoms with E-state index in [4.69, 9.17) is 6.42 Å². The Bertz CT molecular complexity index is 535. The van der Waals surface area contributed by atoms with Gasteiger partial charge < -0.3 is 0 Å². The Balaban J connectivity index is 2.31. The van der Waals surface area contributed by atoms with Crippen LogP contribution in [0.3, 0.4) is 0 Å². The van der Waals surface area contributed by atoms with E-state index in [1.165, 1.54) is 12.1 Å². The Morgan fingerprint density at radius 1 is 1.06 bits per heavy atom. The molecular formula is C15H11F. The summed E-state index contributed by atoms with van der Waals surface area (Å²) in [5, 5.41) is 0. The van der Waals surface area contributed by atoms with Gasteiger partial charge in [-0.1, -0.05) is 36.3 Å². The lowest BCUT2D eigenvalue weighted by molar-refractivity contribution is 0.626. The van der Waals surface area contributed by atoms with E-state index in [1.54, 1.807) is 6.07 Å². The van der Waals surface area contributed by atoms with Crippen LogP contribution in [0.5, 0.6) is 0 Å². The first-order valence-electron chi connectivity index (χ1n) is 5.08. The molecule has 2 rings (SSSR count). The fourth-order valence-electron chi connectivity index (χ4n) is 1.68. The van der Waals surface area contributed by atoms with Crippen molar-refractivity contribution in [2.75, 3.05) is 0 Å². The molecule has 0 nitrogen and oxygen atoms in total. The fraction of sp³-hybridized carbons (Fsp3) is 0.0667. The van der Waals surface area contributed by atoms with Gasteiger partial charge in [-0.2, -0.15) is 0 Å². The average Bonchev–Trinajstić information content (AvgIpc) is 2.30. The quantitative estimate of drug-likeness (QED) is 0.666. The molecule has 0 aromatic heterocycles. The summed E-state index contributed by atoms with van der Waals surface area (Å²) < 4.78 is 13.0. The highest BCUT2D eigenvalue weighted by Crippen LogP contribution is 2.14. The molecule has 0 aliphatic heterocycles. The van der Waals surface area contributed by atoms with Crippen LogP contribution in [-0.2, 0) is 6.42 Å². The van der Waals surface area contributed by atoms with E-state index in [1.807, 2.05) is 30.3 Å². The van der Waals surface area contributed by atoms with Gasteiger partial charge in [-0.3, -0.25) is 0 Å². The van der Waals surface area contributed by atoms with E-state index in [-0.39, 0.29) is 5.82 Å². The van der Waals surface area contributed by atoms with Crippen molar-refractivity contribution in [2.24, 2.45) is 0 Å². The molecule has 0 aliphatic rings. The predicted molar refractivity (Wildman–Crippen MR) is 63.6 cm³/mol. The van der Waals surface area contributed by atoms with Gasteiger partial charge in [-0.15, -0.1) is 6.42 Å². The predicted octanol–water partition coefficient (Wildman–Crippen LogP) is 3.40. The molecule has 0 fully saturated rings. The maximum atomic E-state index is 13.0. The highest BCUT2D eigenvalue weighted by molar-refractivity contribution is 5.42. The number of hydrogen-bond acceptors (Lipinski definition) is 0. The Morgan fingerprint density at radius 3 is 2.62 bits per heavy atom. The van der Waals surface area contributed by atoms with Crippen molar-refractivity contribution in [2.45, 2.75) is 6.42 Å². The second-order valence-corrected chi connectivity index (χ2v) is 3.61. The molecule has 16 heavy (non-hydrogen) atoms. The highest BCUT2D eigenvalue weighted by atomic mass is 19.1. The molecule has 1 heteroatoms. The minimum atomic E-state index is -0.212. The summed E-state index contributed by atoms with van der Waals surface area (Å²) >= 11 is 0. The van der Waals surface area contributed by atoms with Gasteiger partial charge in [0.2, 0.25) is 0 Å². The van der Waals surface area contributed by atoms with E-state index in [0.717, 1.165) is 16.7 Å². The molecule has 0 unspecified atom stereocenters. The van der Waals surface area contributed by atoms with E-state index in [2.05, 4.69) is 5.92 Å². The molecular weight excluding hydrogens is 199 g/mol. The maximum Gasteiger partial charge on any atom is 0.123 e.